The molecule has 1 aromatic rings. The lowest BCUT2D eigenvalue weighted by molar-refractivity contribution is -0.143. The molecule has 0 saturated heterocycles. The van der Waals surface area contributed by atoms with Crippen molar-refractivity contribution in [3.05, 3.63) is 23.8 Å². The van der Waals surface area contributed by atoms with Gasteiger partial charge >= 0.3 is 12.6 Å². The lowest BCUT2D eigenvalue weighted by atomic mass is 10.1. The van der Waals surface area contributed by atoms with E-state index in [-0.39, 0.29) is 18.1 Å². The van der Waals surface area contributed by atoms with Crippen LogP contribution in [0.1, 0.15) is 18.9 Å². The Morgan fingerprint density at radius 3 is 2.68 bits per heavy atom. The predicted molar refractivity (Wildman–Crippen MR) is 64.6 cm³/mol. The number of benzene rings is 1. The number of methoxy groups -OCH3 is 1. The van der Waals surface area contributed by atoms with Crippen LogP contribution >= 0.6 is 0 Å². The highest BCUT2D eigenvalue weighted by Crippen LogP contribution is 2.26. The third-order valence-electron chi connectivity index (χ3n) is 2.39. The summed E-state index contributed by atoms with van der Waals surface area (Å²) in [6, 6.07) is 4.37. The molecule has 0 aliphatic heterocycles. The Balaban J connectivity index is 2.70. The van der Waals surface area contributed by atoms with E-state index in [1.54, 1.807) is 13.0 Å². The molecule has 0 bridgehead atoms. The van der Waals surface area contributed by atoms with Crippen molar-refractivity contribution in [2.45, 2.75) is 26.4 Å². The zero-order chi connectivity index (χ0) is 14.3. The van der Waals surface area contributed by atoms with Gasteiger partial charge in [-0.25, -0.2) is 0 Å². The molecule has 1 aromatic carbocycles. The van der Waals surface area contributed by atoms with Crippen LogP contribution in [0.4, 0.5) is 8.78 Å². The number of rotatable bonds is 7. The van der Waals surface area contributed by atoms with Crippen molar-refractivity contribution in [3.63, 3.8) is 0 Å². The van der Waals surface area contributed by atoms with Gasteiger partial charge in [-0.2, -0.15) is 8.78 Å². The topological polar surface area (TPSA) is 44.8 Å². The predicted octanol–water partition coefficient (Wildman–Crippen LogP) is 2.79. The molecule has 1 rings (SSSR count). The number of hydrogen-bond acceptors (Lipinski definition) is 4. The Bertz CT molecular complexity index is 421. The molecule has 0 saturated carbocycles. The molecule has 0 fully saturated rings. The number of esters is 1. The van der Waals surface area contributed by atoms with Crippen LogP contribution in [-0.4, -0.2) is 26.3 Å². The second kappa shape index (κ2) is 7.56. The summed E-state index contributed by atoms with van der Waals surface area (Å²) in [4.78, 5) is 11.2. The van der Waals surface area contributed by atoms with Crippen LogP contribution in [-0.2, 0) is 16.0 Å². The first-order valence-corrected chi connectivity index (χ1v) is 5.84. The maximum atomic E-state index is 12.1. The second-order valence-electron chi connectivity index (χ2n) is 3.66. The first kappa shape index (κ1) is 15.2. The van der Waals surface area contributed by atoms with E-state index in [1.807, 2.05) is 0 Å². The summed E-state index contributed by atoms with van der Waals surface area (Å²) in [5.74, 6) is 0.117. The van der Waals surface area contributed by atoms with E-state index in [0.29, 0.717) is 18.8 Å². The summed E-state index contributed by atoms with van der Waals surface area (Å²) >= 11 is 0. The Labute approximate surface area is 110 Å². The number of halogens is 2. The van der Waals surface area contributed by atoms with Gasteiger partial charge in [0.2, 0.25) is 0 Å². The van der Waals surface area contributed by atoms with Crippen LogP contribution in [0.3, 0.4) is 0 Å². The van der Waals surface area contributed by atoms with E-state index < -0.39 is 6.61 Å². The standard InChI is InChI=1S/C13H16F2O4/c1-3-18-12(16)7-5-9-4-6-10(19-13(14)15)8-11(9)17-2/h4,6,8,13H,3,5,7H2,1-2H3. The van der Waals surface area contributed by atoms with E-state index in [9.17, 15) is 13.6 Å². The van der Waals surface area contributed by atoms with E-state index >= 15 is 0 Å². The van der Waals surface area contributed by atoms with Crippen molar-refractivity contribution < 1.29 is 27.8 Å². The minimum atomic E-state index is -2.88. The van der Waals surface area contributed by atoms with E-state index in [2.05, 4.69) is 4.74 Å². The molecule has 0 aliphatic carbocycles. The number of aryl methyl sites for hydroxylation is 1. The van der Waals surface area contributed by atoms with Gasteiger partial charge in [-0.15, -0.1) is 0 Å². The van der Waals surface area contributed by atoms with Crippen molar-refractivity contribution >= 4 is 5.97 Å². The van der Waals surface area contributed by atoms with Crippen molar-refractivity contribution in [1.82, 2.24) is 0 Å². The maximum absolute atomic E-state index is 12.1. The van der Waals surface area contributed by atoms with Gasteiger partial charge in [-0.3, -0.25) is 4.79 Å². The first-order valence-electron chi connectivity index (χ1n) is 5.84. The lowest BCUT2D eigenvalue weighted by Crippen LogP contribution is -2.06. The van der Waals surface area contributed by atoms with Gasteiger partial charge in [0, 0.05) is 12.5 Å². The maximum Gasteiger partial charge on any atom is 0.387 e. The minimum absolute atomic E-state index is 0.0201. The van der Waals surface area contributed by atoms with Crippen molar-refractivity contribution in [1.29, 1.82) is 0 Å². The number of carbonyl (C=O) groups is 1. The highest BCUT2D eigenvalue weighted by molar-refractivity contribution is 5.69. The Hall–Kier alpha value is -1.85. The van der Waals surface area contributed by atoms with E-state index in [0.717, 1.165) is 5.56 Å². The van der Waals surface area contributed by atoms with Crippen LogP contribution in [0.5, 0.6) is 11.5 Å². The van der Waals surface area contributed by atoms with Gasteiger partial charge in [0.05, 0.1) is 13.7 Å². The molecule has 0 aliphatic rings. The lowest BCUT2D eigenvalue weighted by Gasteiger charge is -2.11. The third kappa shape index (κ3) is 5.11. The number of hydrogen-bond donors (Lipinski definition) is 0. The fourth-order valence-corrected chi connectivity index (χ4v) is 1.58. The Morgan fingerprint density at radius 2 is 2.11 bits per heavy atom. The normalized spacial score (nSPS) is 10.4. The second-order valence-corrected chi connectivity index (χ2v) is 3.66. The average molecular weight is 274 g/mol. The smallest absolute Gasteiger partial charge is 0.387 e. The Kier molecular flexibility index (Phi) is 6.05. The van der Waals surface area contributed by atoms with Crippen LogP contribution in [0.15, 0.2) is 18.2 Å². The molecule has 0 unspecified atom stereocenters. The monoisotopic (exact) mass is 274 g/mol. The van der Waals surface area contributed by atoms with Gasteiger partial charge in [-0.1, -0.05) is 6.07 Å². The van der Waals surface area contributed by atoms with E-state index in [1.165, 1.54) is 19.2 Å². The highest BCUT2D eigenvalue weighted by atomic mass is 19.3. The van der Waals surface area contributed by atoms with Crippen molar-refractivity contribution in [2.75, 3.05) is 13.7 Å². The van der Waals surface area contributed by atoms with Gasteiger partial charge in [0.15, 0.2) is 0 Å². The molecule has 106 valence electrons. The Morgan fingerprint density at radius 1 is 1.37 bits per heavy atom. The molecule has 4 nitrogen and oxygen atoms in total. The fourth-order valence-electron chi connectivity index (χ4n) is 1.58. The SMILES string of the molecule is CCOC(=O)CCc1ccc(OC(F)F)cc1OC. The molecule has 19 heavy (non-hydrogen) atoms. The summed E-state index contributed by atoms with van der Waals surface area (Å²) in [6.07, 6.45) is 0.621. The largest absolute Gasteiger partial charge is 0.496 e. The van der Waals surface area contributed by atoms with Gasteiger partial charge < -0.3 is 14.2 Å². The molecule has 0 spiro atoms. The summed E-state index contributed by atoms with van der Waals surface area (Å²) in [6.45, 7) is -0.818. The number of alkyl halides is 2. The van der Waals surface area contributed by atoms with Gasteiger partial charge in [0.1, 0.15) is 11.5 Å². The molecular weight excluding hydrogens is 258 g/mol. The van der Waals surface area contributed by atoms with Gasteiger partial charge in [0.25, 0.3) is 0 Å². The molecule has 0 atom stereocenters. The van der Waals surface area contributed by atoms with Crippen LogP contribution < -0.4 is 9.47 Å². The molecule has 0 radical (unpaired) electrons. The van der Waals surface area contributed by atoms with Crippen LogP contribution in [0, 0.1) is 0 Å². The first-order chi connectivity index (χ1) is 9.06. The summed E-state index contributed by atoms with van der Waals surface area (Å²) < 4.78 is 38.3. The summed E-state index contributed by atoms with van der Waals surface area (Å²) in [7, 11) is 1.43. The summed E-state index contributed by atoms with van der Waals surface area (Å²) in [5, 5.41) is 0. The van der Waals surface area contributed by atoms with Gasteiger partial charge in [-0.05, 0) is 25.0 Å². The molecule has 0 aromatic heterocycles. The number of ether oxygens (including phenoxy) is 3. The third-order valence-corrected chi connectivity index (χ3v) is 2.39. The molecule has 0 amide bonds. The summed E-state index contributed by atoms with van der Waals surface area (Å²) in [5.41, 5.74) is 0.733. The number of carbonyl (C=O) groups excluding carboxylic acids is 1. The average Bonchev–Trinajstić information content (AvgIpc) is 2.36. The molecule has 6 heteroatoms. The quantitative estimate of drug-likeness (QED) is 0.717. The zero-order valence-corrected chi connectivity index (χ0v) is 10.8. The molecule has 0 N–H and O–H groups in total. The van der Waals surface area contributed by atoms with Crippen LogP contribution in [0.25, 0.3) is 0 Å². The van der Waals surface area contributed by atoms with Crippen LogP contribution in [0.2, 0.25) is 0 Å². The fraction of sp³-hybridized carbons (Fsp3) is 0.462. The minimum Gasteiger partial charge on any atom is -0.496 e. The van der Waals surface area contributed by atoms with E-state index in [4.69, 9.17) is 9.47 Å². The highest BCUT2D eigenvalue weighted by Gasteiger charge is 2.11. The van der Waals surface area contributed by atoms with Crippen molar-refractivity contribution in [3.8, 4) is 11.5 Å². The molecule has 0 heterocycles. The zero-order valence-electron chi connectivity index (χ0n) is 10.8. The van der Waals surface area contributed by atoms with Crippen molar-refractivity contribution in [2.24, 2.45) is 0 Å². The molecular formula is C13H16F2O4.